The van der Waals surface area contributed by atoms with Crippen LogP contribution in [0.3, 0.4) is 0 Å². The van der Waals surface area contributed by atoms with Gasteiger partial charge in [0.05, 0.1) is 6.54 Å². The first-order valence-corrected chi connectivity index (χ1v) is 8.32. The third kappa shape index (κ3) is 3.16. The van der Waals surface area contributed by atoms with Crippen LogP contribution in [0.25, 0.3) is 0 Å². The Balaban J connectivity index is 1.49. The molecule has 2 saturated carbocycles. The Kier molecular flexibility index (Phi) is 4.46. The highest BCUT2D eigenvalue weighted by Crippen LogP contribution is 2.48. The van der Waals surface area contributed by atoms with E-state index in [2.05, 4.69) is 17.6 Å². The van der Waals surface area contributed by atoms with Gasteiger partial charge in [0.15, 0.2) is 0 Å². The molecule has 2 N–H and O–H groups in total. The molecule has 2 fully saturated rings. The molecule has 0 aliphatic heterocycles. The molecular formula is C18H24N2O2. The normalized spacial score (nSPS) is 26.0. The number of rotatable bonds is 5. The quantitative estimate of drug-likeness (QED) is 0.878. The molecule has 2 bridgehead atoms. The minimum atomic E-state index is -0.155. The summed E-state index contributed by atoms with van der Waals surface area (Å²) in [5.74, 6) is 1.33. The van der Waals surface area contributed by atoms with Crippen molar-refractivity contribution in [2.24, 2.45) is 17.8 Å². The van der Waals surface area contributed by atoms with Gasteiger partial charge in [0, 0.05) is 11.6 Å². The first kappa shape index (κ1) is 15.1. The lowest BCUT2D eigenvalue weighted by Crippen LogP contribution is -2.38. The van der Waals surface area contributed by atoms with Crippen molar-refractivity contribution in [1.29, 1.82) is 0 Å². The van der Waals surface area contributed by atoms with Crippen LogP contribution in [0, 0.1) is 17.8 Å². The van der Waals surface area contributed by atoms with Gasteiger partial charge in [0.1, 0.15) is 0 Å². The standard InChI is InChI=1S/C18H24N2O2/c1-2-13-5-3-4-6-16(13)20-17(21)11-19-18(22)15-10-12-7-8-14(15)9-12/h3-6,12,14-15H,2,7-11H2,1H3,(H,19,22)(H,20,21). The molecule has 0 spiro atoms. The molecule has 2 aliphatic carbocycles. The van der Waals surface area contributed by atoms with Crippen molar-refractivity contribution in [3.63, 3.8) is 0 Å². The van der Waals surface area contributed by atoms with Crippen molar-refractivity contribution in [1.82, 2.24) is 5.32 Å². The lowest BCUT2D eigenvalue weighted by molar-refractivity contribution is -0.128. The molecule has 2 aliphatic rings. The van der Waals surface area contributed by atoms with Crippen LogP contribution >= 0.6 is 0 Å². The number of anilines is 1. The molecule has 22 heavy (non-hydrogen) atoms. The van der Waals surface area contributed by atoms with Gasteiger partial charge in [-0.3, -0.25) is 9.59 Å². The first-order valence-electron chi connectivity index (χ1n) is 8.32. The van der Waals surface area contributed by atoms with Crippen molar-refractivity contribution in [3.8, 4) is 0 Å². The number of para-hydroxylation sites is 1. The second-order valence-electron chi connectivity index (χ2n) is 6.56. The zero-order valence-electron chi connectivity index (χ0n) is 13.1. The van der Waals surface area contributed by atoms with Crippen LogP contribution in [0.1, 0.15) is 38.2 Å². The molecule has 4 heteroatoms. The molecule has 1 aromatic carbocycles. The van der Waals surface area contributed by atoms with E-state index in [-0.39, 0.29) is 24.3 Å². The van der Waals surface area contributed by atoms with Crippen molar-refractivity contribution in [2.75, 3.05) is 11.9 Å². The number of hydrogen-bond donors (Lipinski definition) is 2. The predicted octanol–water partition coefficient (Wildman–Crippen LogP) is 2.74. The Morgan fingerprint density at radius 3 is 2.68 bits per heavy atom. The summed E-state index contributed by atoms with van der Waals surface area (Å²) < 4.78 is 0. The van der Waals surface area contributed by atoms with Crippen LogP contribution in [0.4, 0.5) is 5.69 Å². The minimum absolute atomic E-state index is 0.0603. The van der Waals surface area contributed by atoms with Crippen molar-refractivity contribution in [3.05, 3.63) is 29.8 Å². The second-order valence-corrected chi connectivity index (χ2v) is 6.56. The van der Waals surface area contributed by atoms with E-state index < -0.39 is 0 Å². The van der Waals surface area contributed by atoms with Crippen molar-refractivity contribution in [2.45, 2.75) is 39.0 Å². The molecule has 4 nitrogen and oxygen atoms in total. The zero-order valence-corrected chi connectivity index (χ0v) is 13.1. The van der Waals surface area contributed by atoms with Crippen molar-refractivity contribution < 1.29 is 9.59 Å². The fourth-order valence-electron chi connectivity index (χ4n) is 4.01. The average molecular weight is 300 g/mol. The SMILES string of the molecule is CCc1ccccc1NC(=O)CNC(=O)C1CC2CCC1C2. The number of carbonyl (C=O) groups excluding carboxylic acids is 2. The fraction of sp³-hybridized carbons (Fsp3) is 0.556. The molecule has 118 valence electrons. The summed E-state index contributed by atoms with van der Waals surface area (Å²) in [6.07, 6.45) is 5.54. The molecule has 3 rings (SSSR count). The van der Waals surface area contributed by atoms with Crippen LogP contribution in [0.2, 0.25) is 0 Å². The fourth-order valence-corrected chi connectivity index (χ4v) is 4.01. The number of aryl methyl sites for hydroxylation is 1. The molecule has 2 amide bonds. The van der Waals surface area contributed by atoms with E-state index in [9.17, 15) is 9.59 Å². The average Bonchev–Trinajstić information content (AvgIpc) is 3.16. The van der Waals surface area contributed by atoms with Gasteiger partial charge in [0.2, 0.25) is 11.8 Å². The molecule has 0 saturated heterocycles. The van der Waals surface area contributed by atoms with Crippen LogP contribution in [0.15, 0.2) is 24.3 Å². The van der Waals surface area contributed by atoms with Gasteiger partial charge >= 0.3 is 0 Å². The Bertz CT molecular complexity index is 570. The highest BCUT2D eigenvalue weighted by atomic mass is 16.2. The van der Waals surface area contributed by atoms with Crippen LogP contribution in [-0.2, 0) is 16.0 Å². The van der Waals surface area contributed by atoms with Crippen LogP contribution in [0.5, 0.6) is 0 Å². The lowest BCUT2D eigenvalue weighted by atomic mass is 9.88. The number of nitrogens with one attached hydrogen (secondary N) is 2. The third-order valence-corrected chi connectivity index (χ3v) is 5.17. The van der Waals surface area contributed by atoms with Gasteiger partial charge in [-0.05, 0) is 49.1 Å². The maximum atomic E-state index is 12.2. The van der Waals surface area contributed by atoms with Crippen LogP contribution in [-0.4, -0.2) is 18.4 Å². The number of hydrogen-bond acceptors (Lipinski definition) is 2. The zero-order chi connectivity index (χ0) is 15.5. The lowest BCUT2D eigenvalue weighted by Gasteiger charge is -2.20. The summed E-state index contributed by atoms with van der Waals surface area (Å²) >= 11 is 0. The Hall–Kier alpha value is -1.84. The van der Waals surface area contributed by atoms with E-state index in [0.29, 0.717) is 5.92 Å². The summed E-state index contributed by atoms with van der Waals surface area (Å²) in [4.78, 5) is 24.3. The number of amides is 2. The number of fused-ring (bicyclic) bond motifs is 2. The maximum absolute atomic E-state index is 12.2. The molecule has 1 aromatic rings. The molecule has 0 aromatic heterocycles. The number of benzene rings is 1. The molecule has 3 atom stereocenters. The third-order valence-electron chi connectivity index (χ3n) is 5.17. The van der Waals surface area contributed by atoms with E-state index in [0.717, 1.165) is 30.0 Å². The van der Waals surface area contributed by atoms with Gasteiger partial charge in [-0.1, -0.05) is 31.5 Å². The summed E-state index contributed by atoms with van der Waals surface area (Å²) in [7, 11) is 0. The predicted molar refractivity (Wildman–Crippen MR) is 86.4 cm³/mol. The summed E-state index contributed by atoms with van der Waals surface area (Å²) in [6.45, 7) is 2.12. The Labute approximate surface area is 131 Å². The van der Waals surface area contributed by atoms with Gasteiger partial charge < -0.3 is 10.6 Å². The molecule has 0 heterocycles. The highest BCUT2D eigenvalue weighted by Gasteiger charge is 2.42. The smallest absolute Gasteiger partial charge is 0.243 e. The van der Waals surface area contributed by atoms with E-state index in [4.69, 9.17) is 0 Å². The first-order chi connectivity index (χ1) is 10.7. The molecular weight excluding hydrogens is 276 g/mol. The van der Waals surface area contributed by atoms with Gasteiger partial charge in [0.25, 0.3) is 0 Å². The highest BCUT2D eigenvalue weighted by molar-refractivity contribution is 5.95. The Morgan fingerprint density at radius 1 is 1.18 bits per heavy atom. The van der Waals surface area contributed by atoms with E-state index in [1.165, 1.54) is 19.3 Å². The topological polar surface area (TPSA) is 58.2 Å². The van der Waals surface area contributed by atoms with E-state index in [1.807, 2.05) is 24.3 Å². The monoisotopic (exact) mass is 300 g/mol. The van der Waals surface area contributed by atoms with Gasteiger partial charge in [-0.15, -0.1) is 0 Å². The van der Waals surface area contributed by atoms with E-state index >= 15 is 0 Å². The summed E-state index contributed by atoms with van der Waals surface area (Å²) in [6, 6.07) is 7.77. The molecule has 3 unspecified atom stereocenters. The second kappa shape index (κ2) is 6.51. The van der Waals surface area contributed by atoms with Crippen molar-refractivity contribution >= 4 is 17.5 Å². The van der Waals surface area contributed by atoms with Gasteiger partial charge in [-0.2, -0.15) is 0 Å². The minimum Gasteiger partial charge on any atom is -0.347 e. The maximum Gasteiger partial charge on any atom is 0.243 e. The molecule has 0 radical (unpaired) electrons. The Morgan fingerprint density at radius 2 is 2.00 bits per heavy atom. The number of carbonyl (C=O) groups is 2. The van der Waals surface area contributed by atoms with E-state index in [1.54, 1.807) is 0 Å². The van der Waals surface area contributed by atoms with Gasteiger partial charge in [-0.25, -0.2) is 0 Å². The van der Waals surface area contributed by atoms with Crippen LogP contribution < -0.4 is 10.6 Å². The summed E-state index contributed by atoms with van der Waals surface area (Å²) in [5.41, 5.74) is 1.94. The summed E-state index contributed by atoms with van der Waals surface area (Å²) in [5, 5.41) is 5.70. The largest absolute Gasteiger partial charge is 0.347 e.